The van der Waals surface area contributed by atoms with Gasteiger partial charge in [-0.2, -0.15) is 0 Å². The van der Waals surface area contributed by atoms with Gasteiger partial charge < -0.3 is 4.57 Å². The predicted molar refractivity (Wildman–Crippen MR) is 196 cm³/mol. The molecule has 0 spiro atoms. The van der Waals surface area contributed by atoms with Crippen LogP contribution >= 0.6 is 11.8 Å². The van der Waals surface area contributed by atoms with E-state index in [1.165, 1.54) is 92.2 Å². The lowest BCUT2D eigenvalue weighted by Crippen LogP contribution is -1.94. The van der Waals surface area contributed by atoms with E-state index in [-0.39, 0.29) is 0 Å². The normalized spacial score (nSPS) is 12.3. The van der Waals surface area contributed by atoms with Crippen LogP contribution in [0.1, 0.15) is 0 Å². The van der Waals surface area contributed by atoms with Crippen LogP contribution in [-0.4, -0.2) is 4.57 Å². The van der Waals surface area contributed by atoms with Gasteiger partial charge in [0.2, 0.25) is 0 Å². The second-order valence-corrected chi connectivity index (χ2v) is 13.2. The van der Waals surface area contributed by atoms with Crippen molar-refractivity contribution in [3.8, 4) is 39.1 Å². The Labute approximate surface area is 271 Å². The molecule has 10 rings (SSSR count). The molecule has 0 aliphatic carbocycles. The molecule has 2 heteroatoms. The van der Waals surface area contributed by atoms with Crippen LogP contribution in [-0.2, 0) is 0 Å². The highest BCUT2D eigenvalue weighted by Crippen LogP contribution is 2.50. The van der Waals surface area contributed by atoms with Crippen LogP contribution < -0.4 is 0 Å². The van der Waals surface area contributed by atoms with Crippen LogP contribution in [0.15, 0.2) is 174 Å². The van der Waals surface area contributed by atoms with Gasteiger partial charge in [0.1, 0.15) is 0 Å². The van der Waals surface area contributed by atoms with Crippen molar-refractivity contribution in [2.24, 2.45) is 0 Å². The van der Waals surface area contributed by atoms with E-state index in [2.05, 4.69) is 168 Å². The molecule has 2 heterocycles. The molecule has 0 saturated heterocycles. The molecule has 1 aliphatic heterocycles. The van der Waals surface area contributed by atoms with E-state index in [1.54, 1.807) is 0 Å². The predicted octanol–water partition coefficient (Wildman–Crippen LogP) is 12.6. The zero-order chi connectivity index (χ0) is 30.2. The van der Waals surface area contributed by atoms with Crippen molar-refractivity contribution >= 4 is 55.1 Å². The maximum atomic E-state index is 2.41. The first-order valence-electron chi connectivity index (χ1n) is 15.8. The first-order chi connectivity index (χ1) is 22.8. The fraction of sp³-hybridized carbons (Fsp3) is 0. The number of hydrogen-bond acceptors (Lipinski definition) is 1. The number of hydrogen-bond donors (Lipinski definition) is 0. The molecule has 0 bridgehead atoms. The number of fused-ring (bicyclic) bond motifs is 7. The Bertz CT molecular complexity index is 2660. The van der Waals surface area contributed by atoms with Gasteiger partial charge in [0.25, 0.3) is 0 Å². The Hall–Kier alpha value is -5.57. The monoisotopic (exact) mass is 601 g/mol. The quantitative estimate of drug-likeness (QED) is 0.195. The van der Waals surface area contributed by atoms with Gasteiger partial charge >= 0.3 is 0 Å². The lowest BCUT2D eigenvalue weighted by atomic mass is 9.88. The van der Waals surface area contributed by atoms with Crippen LogP contribution in [0.2, 0.25) is 0 Å². The van der Waals surface area contributed by atoms with Crippen LogP contribution in [0.5, 0.6) is 0 Å². The second kappa shape index (κ2) is 9.97. The summed E-state index contributed by atoms with van der Waals surface area (Å²) >= 11 is 1.88. The first-order valence-corrected chi connectivity index (χ1v) is 16.6. The molecule has 9 aromatic rings. The lowest BCUT2D eigenvalue weighted by molar-refractivity contribution is 1.18. The smallest absolute Gasteiger partial charge is 0.0547 e. The average Bonchev–Trinajstić information content (AvgIpc) is 3.47. The molecular formula is C44H27NS. The van der Waals surface area contributed by atoms with E-state index < -0.39 is 0 Å². The summed E-state index contributed by atoms with van der Waals surface area (Å²) in [5.74, 6) is 0. The molecule has 0 radical (unpaired) electrons. The molecule has 46 heavy (non-hydrogen) atoms. The van der Waals surface area contributed by atoms with E-state index in [0.717, 1.165) is 0 Å². The summed E-state index contributed by atoms with van der Waals surface area (Å²) < 4.78 is 2.40. The van der Waals surface area contributed by atoms with Crippen LogP contribution in [0.25, 0.3) is 82.4 Å². The molecule has 0 N–H and O–H groups in total. The van der Waals surface area contributed by atoms with Crippen molar-refractivity contribution < 1.29 is 0 Å². The van der Waals surface area contributed by atoms with E-state index in [0.29, 0.717) is 0 Å². The summed E-state index contributed by atoms with van der Waals surface area (Å²) in [5.41, 5.74) is 11.3. The summed E-state index contributed by atoms with van der Waals surface area (Å²) in [6.45, 7) is 0. The molecule has 0 saturated carbocycles. The highest BCUT2D eigenvalue weighted by atomic mass is 32.2. The van der Waals surface area contributed by atoms with Crippen LogP contribution in [0, 0.1) is 0 Å². The van der Waals surface area contributed by atoms with Gasteiger partial charge in [0.15, 0.2) is 0 Å². The molecule has 0 atom stereocenters. The third-order valence-electron chi connectivity index (χ3n) is 9.60. The average molecular weight is 602 g/mol. The molecule has 1 aromatic heterocycles. The Balaban J connectivity index is 1.21. The van der Waals surface area contributed by atoms with Crippen molar-refractivity contribution in [2.45, 2.75) is 9.79 Å². The van der Waals surface area contributed by atoms with Gasteiger partial charge in [0, 0.05) is 31.6 Å². The number of rotatable bonds is 3. The van der Waals surface area contributed by atoms with Crippen molar-refractivity contribution in [2.75, 3.05) is 0 Å². The van der Waals surface area contributed by atoms with Gasteiger partial charge in [-0.25, -0.2) is 0 Å². The maximum absolute atomic E-state index is 2.41. The summed E-state index contributed by atoms with van der Waals surface area (Å²) in [4.78, 5) is 2.65. The van der Waals surface area contributed by atoms with Gasteiger partial charge in [-0.1, -0.05) is 133 Å². The topological polar surface area (TPSA) is 4.93 Å². The zero-order valence-corrected chi connectivity index (χ0v) is 25.8. The van der Waals surface area contributed by atoms with Crippen LogP contribution in [0.4, 0.5) is 0 Å². The third kappa shape index (κ3) is 3.71. The van der Waals surface area contributed by atoms with Gasteiger partial charge in [0.05, 0.1) is 11.0 Å². The zero-order valence-electron chi connectivity index (χ0n) is 24.9. The number of nitrogens with zero attached hydrogens (tertiary/aromatic N) is 1. The minimum absolute atomic E-state index is 1.18. The van der Waals surface area contributed by atoms with Crippen molar-refractivity contribution in [1.29, 1.82) is 0 Å². The largest absolute Gasteiger partial charge is 0.309 e. The Morgan fingerprint density at radius 1 is 0.370 bits per heavy atom. The second-order valence-electron chi connectivity index (χ2n) is 12.1. The highest BCUT2D eigenvalue weighted by Gasteiger charge is 2.21. The Kier molecular flexibility index (Phi) is 5.58. The number of benzene rings is 8. The Morgan fingerprint density at radius 3 is 2.00 bits per heavy atom. The molecule has 0 unspecified atom stereocenters. The standard InChI is InChI=1S/C44H27NS/c1-2-11-30(12-3-1)45-39-19-8-6-16-37(39)43-38-27-29(22-21-28(38)23-25-40(43)45)31-13-4-5-14-32(31)33-24-26-42-44-35(33)17-10-18-36(44)34-15-7-9-20-41(34)46-42/h1-27H. The third-order valence-corrected chi connectivity index (χ3v) is 10.7. The molecular weight excluding hydrogens is 575 g/mol. The Morgan fingerprint density at radius 2 is 1.09 bits per heavy atom. The van der Waals surface area contributed by atoms with E-state index >= 15 is 0 Å². The van der Waals surface area contributed by atoms with Crippen molar-refractivity contribution in [1.82, 2.24) is 4.57 Å². The van der Waals surface area contributed by atoms with Gasteiger partial charge in [-0.15, -0.1) is 0 Å². The molecule has 1 nitrogen and oxygen atoms in total. The van der Waals surface area contributed by atoms with Crippen LogP contribution in [0.3, 0.4) is 0 Å². The molecule has 0 amide bonds. The summed E-state index contributed by atoms with van der Waals surface area (Å²) in [7, 11) is 0. The molecule has 214 valence electrons. The highest BCUT2D eigenvalue weighted by molar-refractivity contribution is 7.99. The van der Waals surface area contributed by atoms with E-state index in [9.17, 15) is 0 Å². The minimum Gasteiger partial charge on any atom is -0.309 e. The molecule has 0 fully saturated rings. The van der Waals surface area contributed by atoms with Gasteiger partial charge in [-0.05, 0) is 92.0 Å². The molecule has 1 aliphatic rings. The SMILES string of the molecule is c1ccc(-n2c3ccccc3c3c4cc(-c5ccccc5-c5ccc6c7c(cccc57)-c5ccccc5S6)ccc4ccc32)cc1. The fourth-order valence-electron chi connectivity index (χ4n) is 7.60. The van der Waals surface area contributed by atoms with Gasteiger partial charge in [-0.3, -0.25) is 0 Å². The molecule has 8 aromatic carbocycles. The lowest BCUT2D eigenvalue weighted by Gasteiger charge is -2.22. The fourth-order valence-corrected chi connectivity index (χ4v) is 8.72. The summed E-state index contributed by atoms with van der Waals surface area (Å²) in [5, 5.41) is 7.76. The minimum atomic E-state index is 1.18. The van der Waals surface area contributed by atoms with Crippen molar-refractivity contribution in [3.05, 3.63) is 164 Å². The van der Waals surface area contributed by atoms with E-state index in [1.807, 2.05) is 11.8 Å². The first kappa shape index (κ1) is 25.7. The number of para-hydroxylation sites is 2. The summed E-state index contributed by atoms with van der Waals surface area (Å²) in [6.07, 6.45) is 0. The van der Waals surface area contributed by atoms with E-state index in [4.69, 9.17) is 0 Å². The van der Waals surface area contributed by atoms with Crippen molar-refractivity contribution in [3.63, 3.8) is 0 Å². The maximum Gasteiger partial charge on any atom is 0.0547 e. The summed E-state index contributed by atoms with van der Waals surface area (Å²) in [6, 6.07) is 60.2. The number of aromatic nitrogens is 1.